The van der Waals surface area contributed by atoms with Gasteiger partial charge in [-0.1, -0.05) is 65.2 Å². The normalized spacial score (nSPS) is 28.6. The molecule has 0 unspecified atom stereocenters. The second kappa shape index (κ2) is 10.8. The van der Waals surface area contributed by atoms with E-state index in [4.69, 9.17) is 23.2 Å². The molecule has 242 valence electrons. The Hall–Kier alpha value is -4.42. The summed E-state index contributed by atoms with van der Waals surface area (Å²) in [7, 11) is 1.42. The number of aromatic hydroxyl groups is 1. The number of carbonyl (C=O) groups excluding carboxylic acids is 4. The highest BCUT2D eigenvalue weighted by Crippen LogP contribution is 2.64. The van der Waals surface area contributed by atoms with E-state index in [0.717, 1.165) is 4.90 Å². The standard InChI is InChI=1S/C33H25Cl2F3N4O5/c1-41-28(44)20-11-10-18-21(25(20)30(41)46)13-22-29(45)42(40-27-23(35)12-16(14-39-27)33(36,37)38)31(47)32(22,15-6-8-17(34)9-7-15)26(18)19-4-2-3-5-24(19)43/h2-10,12,14,20-22,25-26,43H,11,13H2,1H3,(H,39,40)/t20-,21+,22-,25-,26+,32+/m0/s1. The molecule has 0 spiro atoms. The molecule has 2 aliphatic carbocycles. The van der Waals surface area contributed by atoms with Gasteiger partial charge < -0.3 is 5.11 Å². The van der Waals surface area contributed by atoms with E-state index < -0.39 is 69.5 Å². The Morgan fingerprint density at radius 2 is 1.68 bits per heavy atom. The van der Waals surface area contributed by atoms with E-state index in [1.165, 1.54) is 13.1 Å². The zero-order chi connectivity index (χ0) is 33.6. The molecule has 9 nitrogen and oxygen atoms in total. The first-order valence-electron chi connectivity index (χ1n) is 14.7. The fourth-order valence-corrected chi connectivity index (χ4v) is 8.35. The Morgan fingerprint density at radius 3 is 2.34 bits per heavy atom. The lowest BCUT2D eigenvalue weighted by Gasteiger charge is -2.50. The first kappa shape index (κ1) is 31.2. The molecule has 0 radical (unpaired) electrons. The molecule has 1 aromatic heterocycles. The smallest absolute Gasteiger partial charge is 0.417 e. The number of carbonyl (C=O) groups is 4. The van der Waals surface area contributed by atoms with Crippen molar-refractivity contribution in [3.63, 3.8) is 0 Å². The fraction of sp³-hybridized carbons (Fsp3) is 0.303. The Labute approximate surface area is 275 Å². The van der Waals surface area contributed by atoms with Crippen LogP contribution in [0.1, 0.15) is 35.4 Å². The topological polar surface area (TPSA) is 120 Å². The first-order valence-corrected chi connectivity index (χ1v) is 15.5. The summed E-state index contributed by atoms with van der Waals surface area (Å²) < 4.78 is 40.0. The van der Waals surface area contributed by atoms with Crippen molar-refractivity contribution in [1.82, 2.24) is 14.9 Å². The molecule has 2 aliphatic heterocycles. The summed E-state index contributed by atoms with van der Waals surface area (Å²) in [4.78, 5) is 60.9. The summed E-state index contributed by atoms with van der Waals surface area (Å²) in [5.41, 5.74) is 1.07. The lowest BCUT2D eigenvalue weighted by atomic mass is 9.49. The minimum atomic E-state index is -4.73. The van der Waals surface area contributed by atoms with Gasteiger partial charge in [-0.15, -0.1) is 0 Å². The number of fused-ring (bicyclic) bond motifs is 4. The lowest BCUT2D eigenvalue weighted by molar-refractivity contribution is -0.140. The highest BCUT2D eigenvalue weighted by Gasteiger charge is 2.70. The molecule has 3 fully saturated rings. The number of hydrogen-bond acceptors (Lipinski definition) is 7. The number of rotatable bonds is 4. The molecule has 2 aromatic carbocycles. The van der Waals surface area contributed by atoms with E-state index in [1.807, 2.05) is 6.08 Å². The number of alkyl halides is 3. The van der Waals surface area contributed by atoms with Crippen LogP contribution in [0.25, 0.3) is 0 Å². The second-order valence-electron chi connectivity index (χ2n) is 12.2. The van der Waals surface area contributed by atoms with E-state index in [0.29, 0.717) is 39.0 Å². The number of amides is 4. The summed E-state index contributed by atoms with van der Waals surface area (Å²) in [6.45, 7) is 0. The average molecular weight is 685 g/mol. The van der Waals surface area contributed by atoms with Crippen molar-refractivity contribution in [2.24, 2.45) is 23.7 Å². The van der Waals surface area contributed by atoms with Crippen molar-refractivity contribution in [3.05, 3.63) is 99.2 Å². The molecule has 14 heteroatoms. The Morgan fingerprint density at radius 1 is 0.979 bits per heavy atom. The van der Waals surface area contributed by atoms with Crippen LogP contribution in [0.4, 0.5) is 19.0 Å². The van der Waals surface area contributed by atoms with Gasteiger partial charge in [-0.2, -0.15) is 18.2 Å². The monoisotopic (exact) mass is 684 g/mol. The van der Waals surface area contributed by atoms with Crippen LogP contribution in [0.5, 0.6) is 5.75 Å². The minimum Gasteiger partial charge on any atom is -0.508 e. The number of phenols is 1. The third kappa shape index (κ3) is 4.48. The van der Waals surface area contributed by atoms with Crippen molar-refractivity contribution < 1.29 is 37.5 Å². The number of allylic oxidation sites excluding steroid dienone is 2. The summed E-state index contributed by atoms with van der Waals surface area (Å²) in [5, 5.41) is 11.8. The maximum atomic E-state index is 15.0. The maximum Gasteiger partial charge on any atom is 0.417 e. The van der Waals surface area contributed by atoms with Crippen LogP contribution < -0.4 is 5.43 Å². The number of likely N-dealkylation sites (tertiary alicyclic amines) is 1. The van der Waals surface area contributed by atoms with Gasteiger partial charge in [0, 0.05) is 29.7 Å². The van der Waals surface area contributed by atoms with Crippen LogP contribution in [0.3, 0.4) is 0 Å². The largest absolute Gasteiger partial charge is 0.508 e. The molecule has 3 heterocycles. The van der Waals surface area contributed by atoms with Crippen molar-refractivity contribution in [3.8, 4) is 5.75 Å². The number of phenolic OH excluding ortho intramolecular Hbond substituents is 1. The number of aromatic nitrogens is 1. The van der Waals surface area contributed by atoms with Crippen LogP contribution in [-0.2, 0) is 30.8 Å². The zero-order valence-electron chi connectivity index (χ0n) is 24.5. The predicted molar refractivity (Wildman–Crippen MR) is 163 cm³/mol. The van der Waals surface area contributed by atoms with Gasteiger partial charge in [0.15, 0.2) is 5.82 Å². The third-order valence-corrected chi connectivity index (χ3v) is 10.6. The van der Waals surface area contributed by atoms with E-state index >= 15 is 0 Å². The summed E-state index contributed by atoms with van der Waals surface area (Å²) in [6.07, 6.45) is -2.16. The molecule has 47 heavy (non-hydrogen) atoms. The number of halogens is 5. The lowest BCUT2D eigenvalue weighted by Crippen LogP contribution is -2.53. The molecule has 0 bridgehead atoms. The molecule has 2 saturated heterocycles. The molecular formula is C33H25Cl2F3N4O5. The van der Waals surface area contributed by atoms with Crippen molar-refractivity contribution in [2.75, 3.05) is 12.5 Å². The molecule has 3 aromatic rings. The van der Waals surface area contributed by atoms with E-state index in [9.17, 15) is 37.5 Å². The van der Waals surface area contributed by atoms with Crippen LogP contribution in [0.2, 0.25) is 10.0 Å². The third-order valence-electron chi connectivity index (χ3n) is 10.0. The number of para-hydroxylation sites is 1. The molecule has 1 saturated carbocycles. The highest BCUT2D eigenvalue weighted by molar-refractivity contribution is 6.33. The first-order chi connectivity index (χ1) is 22.3. The molecule has 6 atom stereocenters. The molecule has 4 amide bonds. The van der Waals surface area contributed by atoms with Crippen LogP contribution in [0, 0.1) is 23.7 Å². The number of anilines is 1. The van der Waals surface area contributed by atoms with Gasteiger partial charge in [0.2, 0.25) is 11.8 Å². The zero-order valence-corrected chi connectivity index (χ0v) is 26.0. The fourth-order valence-electron chi connectivity index (χ4n) is 8.02. The average Bonchev–Trinajstić information content (AvgIpc) is 3.38. The molecule has 4 aliphatic rings. The van der Waals surface area contributed by atoms with Gasteiger partial charge >= 0.3 is 6.18 Å². The quantitative estimate of drug-likeness (QED) is 0.266. The van der Waals surface area contributed by atoms with Crippen molar-refractivity contribution in [2.45, 2.75) is 30.4 Å². The Bertz CT molecular complexity index is 1900. The maximum absolute atomic E-state index is 15.0. The SMILES string of the molecule is CN1C(=O)[C@H]2[C@H](CC=C3[C@H]2C[C@H]2C(=O)N(Nc4ncc(C(F)(F)F)cc4Cl)C(=O)[C@@]2(c2ccc(Cl)cc2)[C@H]3c2ccccc2O)C1=O. The predicted octanol–water partition coefficient (Wildman–Crippen LogP) is 5.73. The highest BCUT2D eigenvalue weighted by atomic mass is 35.5. The van der Waals surface area contributed by atoms with Gasteiger partial charge in [-0.3, -0.25) is 29.5 Å². The molecule has 7 rings (SSSR count). The minimum absolute atomic E-state index is 0.0104. The van der Waals surface area contributed by atoms with Gasteiger partial charge in [0.05, 0.1) is 33.8 Å². The van der Waals surface area contributed by atoms with E-state index in [2.05, 4.69) is 10.4 Å². The van der Waals surface area contributed by atoms with Gasteiger partial charge in [0.1, 0.15) is 5.75 Å². The number of benzene rings is 2. The number of nitrogens with zero attached hydrogens (tertiary/aromatic N) is 3. The number of imide groups is 2. The van der Waals surface area contributed by atoms with Crippen LogP contribution >= 0.6 is 23.2 Å². The number of hydrogen-bond donors (Lipinski definition) is 2. The summed E-state index contributed by atoms with van der Waals surface area (Å²) >= 11 is 12.4. The van der Waals surface area contributed by atoms with E-state index in [-0.39, 0.29) is 30.3 Å². The summed E-state index contributed by atoms with van der Waals surface area (Å²) in [5.74, 6) is -6.98. The van der Waals surface area contributed by atoms with Crippen molar-refractivity contribution in [1.29, 1.82) is 0 Å². The van der Waals surface area contributed by atoms with E-state index in [1.54, 1.807) is 42.5 Å². The Kier molecular flexibility index (Phi) is 7.18. The second-order valence-corrected chi connectivity index (χ2v) is 13.1. The molecular weight excluding hydrogens is 660 g/mol. The number of pyridine rings is 1. The Balaban J connectivity index is 1.44. The van der Waals surface area contributed by atoms with Crippen LogP contribution in [-0.4, -0.2) is 50.7 Å². The number of hydrazine groups is 1. The number of nitrogens with one attached hydrogen (secondary N) is 1. The summed E-state index contributed by atoms with van der Waals surface area (Å²) in [6, 6.07) is 13.4. The van der Waals surface area contributed by atoms with Crippen molar-refractivity contribution >= 4 is 52.6 Å². The van der Waals surface area contributed by atoms with Crippen LogP contribution in [0.15, 0.2) is 72.4 Å². The van der Waals surface area contributed by atoms with Gasteiger partial charge in [-0.25, -0.2) is 4.98 Å². The van der Waals surface area contributed by atoms with Gasteiger partial charge in [-0.05, 0) is 48.6 Å². The molecule has 2 N–H and O–H groups in total. The van der Waals surface area contributed by atoms with Gasteiger partial charge in [0.25, 0.3) is 11.8 Å².